The highest BCUT2D eigenvalue weighted by atomic mass is 19.1. The normalized spacial score (nSPS) is 23.6. The quantitative estimate of drug-likeness (QED) is 0.302. The largest absolute Gasteiger partial charge is 0.493 e. The lowest BCUT2D eigenvalue weighted by molar-refractivity contribution is -0.138. The molecule has 2 amide bonds. The number of amides is 2. The molecule has 3 aromatic rings. The summed E-state index contributed by atoms with van der Waals surface area (Å²) in [4.78, 5) is 47.0. The Bertz CT molecular complexity index is 1700. The van der Waals surface area contributed by atoms with E-state index >= 15 is 8.78 Å². The summed E-state index contributed by atoms with van der Waals surface area (Å²) in [5.74, 6) is -0.158. The molecule has 0 aliphatic carbocycles. The van der Waals surface area contributed by atoms with Crippen molar-refractivity contribution in [3.63, 3.8) is 0 Å². The van der Waals surface area contributed by atoms with Crippen molar-refractivity contribution in [2.24, 2.45) is 11.8 Å². The number of aromatic amines is 1. The summed E-state index contributed by atoms with van der Waals surface area (Å²) in [6.45, 7) is 5.20. The highest BCUT2D eigenvalue weighted by Gasteiger charge is 2.43. The Kier molecular flexibility index (Phi) is 10.7. The molecule has 11 nitrogen and oxygen atoms in total. The SMILES string of the molecule is O=C1CC(N(c2ccccc2)N2CCC(N3CCC(COc4cc(F)c5c(=O)[nH]c(CCC6CCOCC6)nc5c4)CC3)CC2)C(F)C(=O)N1. The number of ether oxygens (including phenoxy) is 2. The molecular formula is C37H46F2N6O5. The third kappa shape index (κ3) is 7.84. The molecule has 7 rings (SSSR count). The van der Waals surface area contributed by atoms with Gasteiger partial charge < -0.3 is 19.4 Å². The number of carbonyl (C=O) groups excluding carboxylic acids is 2. The molecule has 4 aliphatic rings. The number of para-hydroxylation sites is 1. The Morgan fingerprint density at radius 3 is 2.42 bits per heavy atom. The molecule has 2 atom stereocenters. The predicted octanol–water partition coefficient (Wildman–Crippen LogP) is 4.15. The van der Waals surface area contributed by atoms with Gasteiger partial charge in [-0.25, -0.2) is 18.8 Å². The Morgan fingerprint density at radius 2 is 1.68 bits per heavy atom. The first-order chi connectivity index (χ1) is 24.3. The average molecular weight is 693 g/mol. The fourth-order valence-electron chi connectivity index (χ4n) is 8.04. The van der Waals surface area contributed by atoms with Crippen LogP contribution >= 0.6 is 0 Å². The number of rotatable bonds is 10. The Labute approximate surface area is 290 Å². The van der Waals surface area contributed by atoms with Crippen molar-refractivity contribution in [1.82, 2.24) is 25.2 Å². The third-order valence-corrected chi connectivity index (χ3v) is 10.9. The van der Waals surface area contributed by atoms with Gasteiger partial charge in [0, 0.05) is 50.9 Å². The summed E-state index contributed by atoms with van der Waals surface area (Å²) < 4.78 is 41.8. The molecule has 1 aromatic heterocycles. The van der Waals surface area contributed by atoms with E-state index in [4.69, 9.17) is 9.47 Å². The van der Waals surface area contributed by atoms with Crippen LogP contribution in [-0.4, -0.2) is 95.9 Å². The topological polar surface area (TPSA) is 120 Å². The van der Waals surface area contributed by atoms with Crippen LogP contribution in [0, 0.1) is 17.7 Å². The van der Waals surface area contributed by atoms with Gasteiger partial charge in [0.1, 0.15) is 22.8 Å². The second-order valence-electron chi connectivity index (χ2n) is 14.1. The lowest BCUT2D eigenvalue weighted by atomic mass is 9.94. The molecular weight excluding hydrogens is 646 g/mol. The monoisotopic (exact) mass is 692 g/mol. The van der Waals surface area contributed by atoms with Crippen LogP contribution in [0.3, 0.4) is 0 Å². The summed E-state index contributed by atoms with van der Waals surface area (Å²) in [6, 6.07) is 11.9. The lowest BCUT2D eigenvalue weighted by Gasteiger charge is -2.48. The third-order valence-electron chi connectivity index (χ3n) is 10.9. The Balaban J connectivity index is 0.916. The number of aryl methyl sites for hydroxylation is 1. The maximum Gasteiger partial charge on any atom is 0.263 e. The van der Waals surface area contributed by atoms with Crippen LogP contribution in [0.4, 0.5) is 14.5 Å². The number of aromatic nitrogens is 2. The van der Waals surface area contributed by atoms with E-state index in [1.54, 1.807) is 6.07 Å². The lowest BCUT2D eigenvalue weighted by Crippen LogP contribution is -2.63. The van der Waals surface area contributed by atoms with Gasteiger partial charge in [0.05, 0.1) is 30.3 Å². The van der Waals surface area contributed by atoms with Gasteiger partial charge in [-0.05, 0) is 82.0 Å². The van der Waals surface area contributed by atoms with Crippen molar-refractivity contribution >= 4 is 28.4 Å². The number of hydrazine groups is 1. The van der Waals surface area contributed by atoms with E-state index in [1.165, 1.54) is 6.07 Å². The molecule has 2 N–H and O–H groups in total. The molecule has 2 aromatic carbocycles. The number of nitrogens with one attached hydrogen (secondary N) is 2. The molecule has 0 radical (unpaired) electrons. The standard InChI is InChI=1S/C37H46F2N6O5/c38-29-20-28(21-30-34(29)36(47)41-32(40-30)7-6-24-12-18-49-19-13-24)50-23-25-8-14-43(15-9-25)26-10-16-44(17-11-26)45(27-4-2-1-3-5-27)31-22-33(46)42-37(48)35(31)39/h1-5,20-21,24-26,31,35H,6-19,22-23H2,(H,40,41,47)(H,42,46,48). The maximum atomic E-state index is 15.2. The van der Waals surface area contributed by atoms with Gasteiger partial charge in [0.15, 0.2) is 0 Å². The molecule has 5 heterocycles. The fraction of sp³-hybridized carbons (Fsp3) is 0.568. The van der Waals surface area contributed by atoms with Crippen LogP contribution in [0.5, 0.6) is 5.75 Å². The van der Waals surface area contributed by atoms with Crippen LogP contribution in [-0.2, 0) is 20.7 Å². The summed E-state index contributed by atoms with van der Waals surface area (Å²) in [6.07, 6.45) is 5.31. The number of likely N-dealkylation sites (tertiary alicyclic amines) is 1. The Morgan fingerprint density at radius 1 is 0.940 bits per heavy atom. The number of nitrogens with zero attached hydrogens (tertiary/aromatic N) is 4. The number of imide groups is 1. The highest BCUT2D eigenvalue weighted by Crippen LogP contribution is 2.31. The number of anilines is 1. The van der Waals surface area contributed by atoms with Crippen LogP contribution in [0.2, 0.25) is 0 Å². The maximum absolute atomic E-state index is 15.2. The van der Waals surface area contributed by atoms with Crippen molar-refractivity contribution in [1.29, 1.82) is 0 Å². The van der Waals surface area contributed by atoms with E-state index in [0.29, 0.717) is 61.1 Å². The minimum absolute atomic E-state index is 0.0411. The molecule has 50 heavy (non-hydrogen) atoms. The van der Waals surface area contributed by atoms with Crippen LogP contribution in [0.15, 0.2) is 47.3 Å². The number of halogens is 2. The van der Waals surface area contributed by atoms with E-state index < -0.39 is 35.4 Å². The van der Waals surface area contributed by atoms with Gasteiger partial charge in [-0.3, -0.25) is 24.7 Å². The number of hydrogen-bond acceptors (Lipinski definition) is 9. The van der Waals surface area contributed by atoms with Crippen molar-refractivity contribution in [3.05, 3.63) is 64.5 Å². The summed E-state index contributed by atoms with van der Waals surface area (Å²) >= 11 is 0. The molecule has 0 saturated carbocycles. The molecule has 4 aliphatic heterocycles. The van der Waals surface area contributed by atoms with Gasteiger partial charge >= 0.3 is 0 Å². The second-order valence-corrected chi connectivity index (χ2v) is 14.1. The molecule has 4 saturated heterocycles. The number of carbonyl (C=O) groups is 2. The fourth-order valence-corrected chi connectivity index (χ4v) is 8.04. The first-order valence-electron chi connectivity index (χ1n) is 18.1. The number of H-pyrrole nitrogens is 1. The minimum atomic E-state index is -1.80. The van der Waals surface area contributed by atoms with E-state index in [1.807, 2.05) is 35.3 Å². The van der Waals surface area contributed by atoms with E-state index in [9.17, 15) is 14.4 Å². The summed E-state index contributed by atoms with van der Waals surface area (Å²) in [7, 11) is 0. The number of alkyl halides is 1. The Hall–Kier alpha value is -3.94. The van der Waals surface area contributed by atoms with Crippen molar-refractivity contribution in [2.75, 3.05) is 51.0 Å². The summed E-state index contributed by atoms with van der Waals surface area (Å²) in [5, 5.41) is 6.00. The molecule has 13 heteroatoms. The zero-order chi connectivity index (χ0) is 34.6. The number of hydrogen-bond donors (Lipinski definition) is 2. The predicted molar refractivity (Wildman–Crippen MR) is 184 cm³/mol. The second kappa shape index (κ2) is 15.5. The van der Waals surface area contributed by atoms with Crippen LogP contribution in [0.25, 0.3) is 10.9 Å². The number of benzene rings is 2. The zero-order valence-corrected chi connectivity index (χ0v) is 28.3. The van der Waals surface area contributed by atoms with E-state index in [0.717, 1.165) is 76.9 Å². The van der Waals surface area contributed by atoms with Gasteiger partial charge in [-0.1, -0.05) is 18.2 Å². The van der Waals surface area contributed by atoms with Gasteiger partial charge in [-0.15, -0.1) is 0 Å². The smallest absolute Gasteiger partial charge is 0.263 e. The zero-order valence-electron chi connectivity index (χ0n) is 28.3. The van der Waals surface area contributed by atoms with Gasteiger partial charge in [0.2, 0.25) is 12.1 Å². The summed E-state index contributed by atoms with van der Waals surface area (Å²) in [5.41, 5.74) is 0.620. The number of piperidine rings is 3. The minimum Gasteiger partial charge on any atom is -0.493 e. The average Bonchev–Trinajstić information content (AvgIpc) is 3.13. The van der Waals surface area contributed by atoms with E-state index in [-0.39, 0.29) is 11.8 Å². The van der Waals surface area contributed by atoms with Gasteiger partial charge in [0.25, 0.3) is 11.5 Å². The van der Waals surface area contributed by atoms with Crippen molar-refractivity contribution in [3.8, 4) is 5.75 Å². The van der Waals surface area contributed by atoms with Crippen molar-refractivity contribution in [2.45, 2.75) is 76.0 Å². The molecule has 0 spiro atoms. The van der Waals surface area contributed by atoms with Crippen LogP contribution < -0.4 is 20.6 Å². The number of fused-ring (bicyclic) bond motifs is 1. The van der Waals surface area contributed by atoms with E-state index in [2.05, 4.69) is 25.2 Å². The molecule has 0 bridgehead atoms. The molecule has 268 valence electrons. The first-order valence-corrected chi connectivity index (χ1v) is 18.1. The highest BCUT2D eigenvalue weighted by molar-refractivity contribution is 6.01. The molecule has 4 fully saturated rings. The first kappa shape index (κ1) is 34.5. The molecule has 2 unspecified atom stereocenters. The van der Waals surface area contributed by atoms with Crippen LogP contribution in [0.1, 0.15) is 57.2 Å². The van der Waals surface area contributed by atoms with Crippen molar-refractivity contribution < 1.29 is 27.8 Å². The van der Waals surface area contributed by atoms with Gasteiger partial charge in [-0.2, -0.15) is 0 Å².